The lowest BCUT2D eigenvalue weighted by molar-refractivity contribution is -0.123. The van der Waals surface area contributed by atoms with Gasteiger partial charge in [0.25, 0.3) is 11.8 Å². The van der Waals surface area contributed by atoms with Gasteiger partial charge in [-0.3, -0.25) is 19.4 Å². The number of imide groups is 1. The predicted octanol–water partition coefficient (Wildman–Crippen LogP) is 4.51. The molecule has 190 valence electrons. The maximum absolute atomic E-state index is 13.9. The number of nitrogens with one attached hydrogen (secondary N) is 1. The first kappa shape index (κ1) is 25.0. The van der Waals surface area contributed by atoms with E-state index in [1.807, 2.05) is 44.2 Å². The summed E-state index contributed by atoms with van der Waals surface area (Å²) in [5, 5.41) is 1.30. The first-order chi connectivity index (χ1) is 17.9. The van der Waals surface area contributed by atoms with Crippen molar-refractivity contribution in [3.8, 4) is 11.5 Å². The Balaban J connectivity index is 1.57. The number of halogens is 1. The largest absolute Gasteiger partial charge is 0.494 e. The zero-order chi connectivity index (χ0) is 26.1. The van der Waals surface area contributed by atoms with Crippen molar-refractivity contribution in [1.82, 2.24) is 10.4 Å². The molecule has 3 aromatic rings. The van der Waals surface area contributed by atoms with Crippen LogP contribution >= 0.6 is 15.9 Å². The molecule has 9 heteroatoms. The predicted molar refractivity (Wildman–Crippen MR) is 141 cm³/mol. The fourth-order valence-corrected chi connectivity index (χ4v) is 5.33. The summed E-state index contributed by atoms with van der Waals surface area (Å²) in [7, 11) is 0. The van der Waals surface area contributed by atoms with Gasteiger partial charge in [-0.15, -0.1) is 0 Å². The summed E-state index contributed by atoms with van der Waals surface area (Å²) in [5.74, 6) is -0.849. The van der Waals surface area contributed by atoms with Gasteiger partial charge >= 0.3 is 0 Å². The standard InChI is InChI=1S/C28H26BrN3O5/c1-3-36-20-14-12-19(13-15-20)31-27(34)23-24(21-10-5-6-11-22(21)37-4-2)30-32(25(23)28(31)35)26(33)17-8-7-9-18(29)16-17/h5-16,23-25,30H,3-4H2,1-2H3/t23-,24-,25-/m1/s1. The van der Waals surface area contributed by atoms with E-state index in [4.69, 9.17) is 9.47 Å². The van der Waals surface area contributed by atoms with Crippen LogP contribution in [0.4, 0.5) is 5.69 Å². The molecule has 0 aromatic heterocycles. The fraction of sp³-hybridized carbons (Fsp3) is 0.250. The highest BCUT2D eigenvalue weighted by Crippen LogP contribution is 2.44. The molecule has 37 heavy (non-hydrogen) atoms. The highest BCUT2D eigenvalue weighted by molar-refractivity contribution is 9.10. The quantitative estimate of drug-likeness (QED) is 0.425. The van der Waals surface area contributed by atoms with Crippen LogP contribution in [0.25, 0.3) is 0 Å². The van der Waals surface area contributed by atoms with Gasteiger partial charge in [-0.25, -0.2) is 10.3 Å². The maximum Gasteiger partial charge on any atom is 0.268 e. The number of para-hydroxylation sites is 1. The molecule has 2 saturated heterocycles. The Morgan fingerprint density at radius 1 is 0.919 bits per heavy atom. The molecule has 0 unspecified atom stereocenters. The molecule has 2 aliphatic rings. The Bertz CT molecular complexity index is 1350. The topological polar surface area (TPSA) is 88.2 Å². The number of nitrogens with zero attached hydrogens (tertiary/aromatic N) is 2. The summed E-state index contributed by atoms with van der Waals surface area (Å²) in [5.41, 5.74) is 4.71. The minimum absolute atomic E-state index is 0.382. The molecule has 0 saturated carbocycles. The van der Waals surface area contributed by atoms with Gasteiger partial charge in [-0.2, -0.15) is 0 Å². The average molecular weight is 564 g/mol. The Kier molecular flexibility index (Phi) is 6.99. The Morgan fingerprint density at radius 3 is 2.35 bits per heavy atom. The highest BCUT2D eigenvalue weighted by Gasteiger charge is 2.60. The number of amides is 3. The Morgan fingerprint density at radius 2 is 1.65 bits per heavy atom. The zero-order valence-corrected chi connectivity index (χ0v) is 22.0. The van der Waals surface area contributed by atoms with E-state index in [0.29, 0.717) is 41.5 Å². The van der Waals surface area contributed by atoms with Crippen molar-refractivity contribution in [1.29, 1.82) is 0 Å². The van der Waals surface area contributed by atoms with E-state index in [2.05, 4.69) is 21.4 Å². The van der Waals surface area contributed by atoms with Crippen molar-refractivity contribution in [2.45, 2.75) is 25.9 Å². The number of fused-ring (bicyclic) bond motifs is 1. The van der Waals surface area contributed by atoms with Crippen molar-refractivity contribution in [3.63, 3.8) is 0 Å². The van der Waals surface area contributed by atoms with Crippen molar-refractivity contribution in [2.75, 3.05) is 18.1 Å². The minimum atomic E-state index is -1.02. The molecule has 0 radical (unpaired) electrons. The molecule has 0 aliphatic carbocycles. The van der Waals surface area contributed by atoms with Gasteiger partial charge in [0.15, 0.2) is 0 Å². The molecule has 1 N–H and O–H groups in total. The van der Waals surface area contributed by atoms with Crippen LogP contribution in [0.3, 0.4) is 0 Å². The molecule has 5 rings (SSSR count). The number of carbonyl (C=O) groups is 3. The van der Waals surface area contributed by atoms with Crippen molar-refractivity contribution >= 4 is 39.3 Å². The summed E-state index contributed by atoms with van der Waals surface area (Å²) < 4.78 is 12.1. The van der Waals surface area contributed by atoms with Crippen LogP contribution in [0, 0.1) is 5.92 Å². The second kappa shape index (κ2) is 10.4. The molecule has 0 spiro atoms. The third kappa shape index (κ3) is 4.49. The van der Waals surface area contributed by atoms with Gasteiger partial charge < -0.3 is 9.47 Å². The summed E-state index contributed by atoms with van der Waals surface area (Å²) >= 11 is 3.40. The highest BCUT2D eigenvalue weighted by atomic mass is 79.9. The summed E-state index contributed by atoms with van der Waals surface area (Å²) in [6.45, 7) is 4.70. The van der Waals surface area contributed by atoms with Crippen LogP contribution in [0.15, 0.2) is 77.3 Å². The van der Waals surface area contributed by atoms with Crippen LogP contribution in [-0.2, 0) is 9.59 Å². The van der Waals surface area contributed by atoms with Gasteiger partial charge in [0, 0.05) is 15.6 Å². The number of benzene rings is 3. The van der Waals surface area contributed by atoms with Gasteiger partial charge in [-0.1, -0.05) is 40.2 Å². The van der Waals surface area contributed by atoms with Crippen LogP contribution in [0.2, 0.25) is 0 Å². The summed E-state index contributed by atoms with van der Waals surface area (Å²) in [4.78, 5) is 42.5. The van der Waals surface area contributed by atoms with Gasteiger partial charge in [0.05, 0.1) is 30.9 Å². The molecule has 0 bridgehead atoms. The number of anilines is 1. The number of carbonyl (C=O) groups excluding carboxylic acids is 3. The lowest BCUT2D eigenvalue weighted by Crippen LogP contribution is -2.48. The van der Waals surface area contributed by atoms with Crippen molar-refractivity contribution < 1.29 is 23.9 Å². The molecule has 2 heterocycles. The number of rotatable bonds is 7. The Labute approximate surface area is 223 Å². The van der Waals surface area contributed by atoms with E-state index < -0.39 is 29.8 Å². The molecule has 3 amide bonds. The number of hydrogen-bond acceptors (Lipinski definition) is 6. The van der Waals surface area contributed by atoms with E-state index in [9.17, 15) is 14.4 Å². The molecular formula is C28H26BrN3O5. The SMILES string of the molecule is CCOc1ccc(N2C(=O)[C@@H]3[C@@H](c4ccccc4OCC)NN(C(=O)c4cccc(Br)c4)[C@H]3C2=O)cc1. The number of hydrazine groups is 1. The van der Waals surface area contributed by atoms with E-state index in [-0.39, 0.29) is 5.91 Å². The van der Waals surface area contributed by atoms with Gasteiger partial charge in [0.1, 0.15) is 17.5 Å². The number of ether oxygens (including phenoxy) is 2. The third-order valence-corrected chi connectivity index (χ3v) is 6.98. The minimum Gasteiger partial charge on any atom is -0.494 e. The van der Waals surface area contributed by atoms with E-state index >= 15 is 0 Å². The first-order valence-corrected chi connectivity index (χ1v) is 12.9. The molecule has 3 atom stereocenters. The average Bonchev–Trinajstić information content (AvgIpc) is 3.41. The second-order valence-electron chi connectivity index (χ2n) is 8.67. The third-order valence-electron chi connectivity index (χ3n) is 6.48. The van der Waals surface area contributed by atoms with Gasteiger partial charge in [-0.05, 0) is 62.4 Å². The normalized spacial score (nSPS) is 20.8. The summed E-state index contributed by atoms with van der Waals surface area (Å²) in [6.07, 6.45) is 0. The maximum atomic E-state index is 13.9. The van der Waals surface area contributed by atoms with Crippen LogP contribution in [0.5, 0.6) is 11.5 Å². The van der Waals surface area contributed by atoms with Crippen molar-refractivity contribution in [2.24, 2.45) is 5.92 Å². The Hall–Kier alpha value is -3.69. The molecule has 2 aliphatic heterocycles. The van der Waals surface area contributed by atoms with E-state index in [0.717, 1.165) is 4.47 Å². The molecule has 8 nitrogen and oxygen atoms in total. The second-order valence-corrected chi connectivity index (χ2v) is 9.59. The van der Waals surface area contributed by atoms with Crippen molar-refractivity contribution in [3.05, 3.63) is 88.4 Å². The van der Waals surface area contributed by atoms with Gasteiger partial charge in [0.2, 0.25) is 5.91 Å². The lowest BCUT2D eigenvalue weighted by Gasteiger charge is -2.26. The molecule has 3 aromatic carbocycles. The molecule has 2 fully saturated rings. The summed E-state index contributed by atoms with van der Waals surface area (Å²) in [6, 6.07) is 19.4. The fourth-order valence-electron chi connectivity index (χ4n) is 4.93. The lowest BCUT2D eigenvalue weighted by atomic mass is 9.90. The van der Waals surface area contributed by atoms with E-state index in [1.54, 1.807) is 42.5 Å². The number of hydrogen-bond donors (Lipinski definition) is 1. The van der Waals surface area contributed by atoms with Crippen LogP contribution in [0.1, 0.15) is 35.8 Å². The monoisotopic (exact) mass is 563 g/mol. The van der Waals surface area contributed by atoms with Crippen LogP contribution < -0.4 is 19.8 Å². The molecular weight excluding hydrogens is 538 g/mol. The first-order valence-electron chi connectivity index (χ1n) is 12.1. The smallest absolute Gasteiger partial charge is 0.268 e. The van der Waals surface area contributed by atoms with E-state index in [1.165, 1.54) is 9.91 Å². The van der Waals surface area contributed by atoms with Crippen LogP contribution in [-0.4, -0.2) is 42.0 Å². The zero-order valence-electron chi connectivity index (χ0n) is 20.4.